The third kappa shape index (κ3) is 2.84. The summed E-state index contributed by atoms with van der Waals surface area (Å²) in [4.78, 5) is 10.5. The average Bonchev–Trinajstić information content (AvgIpc) is 2.16. The van der Waals surface area contributed by atoms with E-state index in [4.69, 9.17) is 16.9 Å². The highest BCUT2D eigenvalue weighted by molar-refractivity contribution is 5.96. The highest BCUT2D eigenvalue weighted by atomic mass is 16.3. The van der Waals surface area contributed by atoms with Crippen LogP contribution in [0.15, 0.2) is 24.3 Å². The Morgan fingerprint density at radius 2 is 2.07 bits per heavy atom. The number of aromatic hydroxyl groups is 1. The van der Waals surface area contributed by atoms with E-state index in [0.29, 0.717) is 11.1 Å². The summed E-state index contributed by atoms with van der Waals surface area (Å²) in [6, 6.07) is 4.41. The maximum Gasteiger partial charge on any atom is 0.241 e. The van der Waals surface area contributed by atoms with E-state index in [-0.39, 0.29) is 11.6 Å². The first kappa shape index (κ1) is 10.8. The Labute approximate surface area is 86.5 Å². The Bertz CT molecular complexity index is 438. The fourth-order valence-electron chi connectivity index (χ4n) is 1.03. The van der Waals surface area contributed by atoms with Crippen LogP contribution in [0.5, 0.6) is 5.75 Å². The maximum absolute atomic E-state index is 10.5. The highest BCUT2D eigenvalue weighted by Gasteiger charge is 2.01. The first-order valence-electron chi connectivity index (χ1n) is 4.15. The van der Waals surface area contributed by atoms with Crippen molar-refractivity contribution in [2.75, 3.05) is 0 Å². The molecule has 1 rings (SSSR count). The molecule has 0 saturated heterocycles. The molecule has 0 aliphatic carbocycles. The SMILES string of the molecule is N=C(N)c1ccc(O)c(C=CC(N)=O)c1. The van der Waals surface area contributed by atoms with Crippen molar-refractivity contribution in [3.63, 3.8) is 0 Å². The molecule has 0 bridgehead atoms. The Morgan fingerprint density at radius 1 is 1.40 bits per heavy atom. The van der Waals surface area contributed by atoms with E-state index in [1.165, 1.54) is 24.3 Å². The van der Waals surface area contributed by atoms with Crippen LogP contribution < -0.4 is 11.5 Å². The minimum Gasteiger partial charge on any atom is -0.507 e. The number of nitrogens with two attached hydrogens (primary N) is 2. The largest absolute Gasteiger partial charge is 0.507 e. The van der Waals surface area contributed by atoms with Crippen LogP contribution in [0.1, 0.15) is 11.1 Å². The fraction of sp³-hybridized carbons (Fsp3) is 0. The highest BCUT2D eigenvalue weighted by Crippen LogP contribution is 2.19. The van der Waals surface area contributed by atoms with Gasteiger partial charge in [0.1, 0.15) is 11.6 Å². The zero-order chi connectivity index (χ0) is 11.4. The molecular formula is C10H11N3O2. The normalized spacial score (nSPS) is 10.4. The molecule has 0 heterocycles. The van der Waals surface area contributed by atoms with Crippen molar-refractivity contribution < 1.29 is 9.90 Å². The minimum absolute atomic E-state index is 0.00231. The van der Waals surface area contributed by atoms with Crippen molar-refractivity contribution in [2.45, 2.75) is 0 Å². The molecule has 6 N–H and O–H groups in total. The molecule has 0 fully saturated rings. The van der Waals surface area contributed by atoms with Gasteiger partial charge in [-0.15, -0.1) is 0 Å². The van der Waals surface area contributed by atoms with E-state index >= 15 is 0 Å². The Balaban J connectivity index is 3.11. The van der Waals surface area contributed by atoms with E-state index in [2.05, 4.69) is 0 Å². The van der Waals surface area contributed by atoms with Crippen molar-refractivity contribution in [1.82, 2.24) is 0 Å². The summed E-state index contributed by atoms with van der Waals surface area (Å²) in [7, 11) is 0. The first-order chi connectivity index (χ1) is 7.00. The number of hydrogen-bond donors (Lipinski definition) is 4. The standard InChI is InChI=1S/C10H11N3O2/c11-9(15)4-2-6-5-7(10(12)13)1-3-8(6)14/h1-5,14H,(H2,11,15)(H3,12,13). The average molecular weight is 205 g/mol. The van der Waals surface area contributed by atoms with Crippen LogP contribution in [-0.2, 0) is 4.79 Å². The van der Waals surface area contributed by atoms with Crippen LogP contribution in [0.2, 0.25) is 0 Å². The van der Waals surface area contributed by atoms with Crippen molar-refractivity contribution in [3.05, 3.63) is 35.4 Å². The van der Waals surface area contributed by atoms with Crippen molar-refractivity contribution in [1.29, 1.82) is 5.41 Å². The van der Waals surface area contributed by atoms with Crippen LogP contribution in [0.25, 0.3) is 6.08 Å². The number of phenolic OH excluding ortho intramolecular Hbond substituents is 1. The maximum atomic E-state index is 10.5. The second-order valence-corrected chi connectivity index (χ2v) is 2.92. The summed E-state index contributed by atoms with van der Waals surface area (Å²) in [6.45, 7) is 0. The molecule has 0 aliphatic heterocycles. The monoisotopic (exact) mass is 205 g/mol. The van der Waals surface area contributed by atoms with Gasteiger partial charge in [0, 0.05) is 17.2 Å². The summed E-state index contributed by atoms with van der Waals surface area (Å²) in [5.41, 5.74) is 11.0. The number of benzene rings is 1. The summed E-state index contributed by atoms with van der Waals surface area (Å²) in [5.74, 6) is -0.719. The number of carbonyl (C=O) groups excluding carboxylic acids is 1. The summed E-state index contributed by atoms with van der Waals surface area (Å²) >= 11 is 0. The molecule has 1 aromatic rings. The van der Waals surface area contributed by atoms with Crippen LogP contribution in [0, 0.1) is 5.41 Å². The van der Waals surface area contributed by atoms with Gasteiger partial charge in [-0.05, 0) is 24.3 Å². The molecule has 0 saturated carbocycles. The third-order valence-corrected chi connectivity index (χ3v) is 1.77. The lowest BCUT2D eigenvalue weighted by Crippen LogP contribution is -2.10. The van der Waals surface area contributed by atoms with Gasteiger partial charge in [-0.2, -0.15) is 0 Å². The molecule has 0 radical (unpaired) electrons. The number of rotatable bonds is 3. The topological polar surface area (TPSA) is 113 Å². The number of hydrogen-bond acceptors (Lipinski definition) is 3. The van der Waals surface area contributed by atoms with E-state index in [1.54, 1.807) is 0 Å². The van der Waals surface area contributed by atoms with Gasteiger partial charge in [-0.1, -0.05) is 0 Å². The smallest absolute Gasteiger partial charge is 0.241 e. The molecule has 78 valence electrons. The van der Waals surface area contributed by atoms with Crippen molar-refractivity contribution in [2.24, 2.45) is 11.5 Å². The molecule has 1 amide bonds. The molecular weight excluding hydrogens is 194 g/mol. The Morgan fingerprint density at radius 3 is 2.60 bits per heavy atom. The first-order valence-corrected chi connectivity index (χ1v) is 4.15. The van der Waals surface area contributed by atoms with Gasteiger partial charge in [-0.25, -0.2) is 0 Å². The van der Waals surface area contributed by atoms with Crippen LogP contribution in [0.4, 0.5) is 0 Å². The zero-order valence-corrected chi connectivity index (χ0v) is 7.90. The molecule has 0 aliphatic rings. The number of nitrogen functional groups attached to an aromatic ring is 1. The number of amides is 1. The van der Waals surface area contributed by atoms with Gasteiger partial charge in [-0.3, -0.25) is 10.2 Å². The predicted molar refractivity (Wildman–Crippen MR) is 57.4 cm³/mol. The molecule has 15 heavy (non-hydrogen) atoms. The summed E-state index contributed by atoms with van der Waals surface area (Å²) in [6.07, 6.45) is 2.49. The van der Waals surface area contributed by atoms with Gasteiger partial charge in [0.25, 0.3) is 0 Å². The van der Waals surface area contributed by atoms with Crippen LogP contribution in [-0.4, -0.2) is 16.8 Å². The van der Waals surface area contributed by atoms with E-state index < -0.39 is 5.91 Å². The third-order valence-electron chi connectivity index (χ3n) is 1.77. The second kappa shape index (κ2) is 4.28. The minimum atomic E-state index is -0.609. The van der Waals surface area contributed by atoms with Crippen LogP contribution >= 0.6 is 0 Å². The second-order valence-electron chi connectivity index (χ2n) is 2.92. The molecule has 0 unspecified atom stereocenters. The number of nitrogens with one attached hydrogen (secondary N) is 1. The van der Waals surface area contributed by atoms with Gasteiger partial charge < -0.3 is 16.6 Å². The zero-order valence-electron chi connectivity index (χ0n) is 7.90. The van der Waals surface area contributed by atoms with Gasteiger partial charge in [0.15, 0.2) is 0 Å². The van der Waals surface area contributed by atoms with Crippen molar-refractivity contribution >= 4 is 17.8 Å². The molecule has 0 atom stereocenters. The molecule has 0 spiro atoms. The predicted octanol–water partition coefficient (Wildman–Crippen LogP) is 0.175. The van der Waals surface area contributed by atoms with Crippen molar-refractivity contribution in [3.8, 4) is 5.75 Å². The lowest BCUT2D eigenvalue weighted by molar-refractivity contribution is -0.113. The lowest BCUT2D eigenvalue weighted by atomic mass is 10.1. The molecule has 0 aromatic heterocycles. The molecule has 5 nitrogen and oxygen atoms in total. The quantitative estimate of drug-likeness (QED) is 0.320. The Kier molecular flexibility index (Phi) is 3.07. The van der Waals surface area contributed by atoms with E-state index in [9.17, 15) is 9.90 Å². The summed E-state index contributed by atoms with van der Waals surface area (Å²) < 4.78 is 0. The van der Waals surface area contributed by atoms with Gasteiger partial charge >= 0.3 is 0 Å². The number of phenols is 1. The van der Waals surface area contributed by atoms with Gasteiger partial charge in [0.05, 0.1) is 0 Å². The van der Waals surface area contributed by atoms with Crippen LogP contribution in [0.3, 0.4) is 0 Å². The molecule has 5 heteroatoms. The Hall–Kier alpha value is -2.30. The number of carbonyl (C=O) groups is 1. The van der Waals surface area contributed by atoms with Gasteiger partial charge in [0.2, 0.25) is 5.91 Å². The van der Waals surface area contributed by atoms with E-state index in [1.807, 2.05) is 0 Å². The lowest BCUT2D eigenvalue weighted by Gasteiger charge is -2.02. The summed E-state index contributed by atoms with van der Waals surface area (Å²) in [5, 5.41) is 16.6. The fourth-order valence-corrected chi connectivity index (χ4v) is 1.03. The van der Waals surface area contributed by atoms with E-state index in [0.717, 1.165) is 6.08 Å². The number of primary amides is 1. The number of amidine groups is 1. The molecule has 1 aromatic carbocycles.